The highest BCUT2D eigenvalue weighted by Gasteiger charge is 2.08. The van der Waals surface area contributed by atoms with Gasteiger partial charge in [0.2, 0.25) is 0 Å². The molecule has 0 bridgehead atoms. The van der Waals surface area contributed by atoms with Crippen molar-refractivity contribution in [1.82, 2.24) is 10.3 Å². The number of nitrogens with one attached hydrogen (secondary N) is 1. The van der Waals surface area contributed by atoms with Crippen molar-refractivity contribution < 1.29 is 13.6 Å². The van der Waals surface area contributed by atoms with Crippen LogP contribution in [-0.4, -0.2) is 17.4 Å². The first kappa shape index (κ1) is 10.5. The van der Waals surface area contributed by atoms with Gasteiger partial charge in [-0.1, -0.05) is 0 Å². The molecule has 2 aromatic heterocycles. The molecule has 0 aliphatic rings. The zero-order chi connectivity index (χ0) is 11.4. The van der Waals surface area contributed by atoms with E-state index in [2.05, 4.69) is 10.3 Å². The van der Waals surface area contributed by atoms with Crippen LogP contribution >= 0.6 is 0 Å². The number of amides is 1. The SMILES string of the molecule is Cc1cnc(CCNC(=O)c2ccco2)o1. The van der Waals surface area contributed by atoms with Crippen molar-refractivity contribution in [2.45, 2.75) is 13.3 Å². The second-order valence-corrected chi connectivity index (χ2v) is 3.35. The maximum Gasteiger partial charge on any atom is 0.286 e. The summed E-state index contributed by atoms with van der Waals surface area (Å²) >= 11 is 0. The number of nitrogens with zero attached hydrogens (tertiary/aromatic N) is 1. The van der Waals surface area contributed by atoms with Crippen LogP contribution in [0.15, 0.2) is 33.4 Å². The molecule has 1 amide bonds. The number of carbonyl (C=O) groups is 1. The molecule has 0 spiro atoms. The summed E-state index contributed by atoms with van der Waals surface area (Å²) in [6.45, 7) is 2.30. The monoisotopic (exact) mass is 220 g/mol. The van der Waals surface area contributed by atoms with Gasteiger partial charge < -0.3 is 14.2 Å². The third kappa shape index (κ3) is 2.50. The molecule has 0 aliphatic heterocycles. The number of hydrogen-bond acceptors (Lipinski definition) is 4. The fourth-order valence-electron chi connectivity index (χ4n) is 1.29. The van der Waals surface area contributed by atoms with Gasteiger partial charge in [0.1, 0.15) is 5.76 Å². The Hall–Kier alpha value is -2.04. The second kappa shape index (κ2) is 4.65. The van der Waals surface area contributed by atoms with E-state index in [0.29, 0.717) is 24.6 Å². The lowest BCUT2D eigenvalue weighted by Gasteiger charge is -2.00. The number of furan rings is 1. The summed E-state index contributed by atoms with van der Waals surface area (Å²) in [5.41, 5.74) is 0. The van der Waals surface area contributed by atoms with Crippen LogP contribution in [0.4, 0.5) is 0 Å². The minimum Gasteiger partial charge on any atom is -0.459 e. The lowest BCUT2D eigenvalue weighted by atomic mass is 10.4. The van der Waals surface area contributed by atoms with Crippen molar-refractivity contribution in [3.63, 3.8) is 0 Å². The largest absolute Gasteiger partial charge is 0.459 e. The Balaban J connectivity index is 1.78. The van der Waals surface area contributed by atoms with Gasteiger partial charge in [0.15, 0.2) is 11.7 Å². The molecule has 5 nitrogen and oxygen atoms in total. The molecule has 2 heterocycles. The Kier molecular flexibility index (Phi) is 3.05. The number of carbonyl (C=O) groups excluding carboxylic acids is 1. The van der Waals surface area contributed by atoms with Crippen molar-refractivity contribution in [2.75, 3.05) is 6.54 Å². The first-order valence-electron chi connectivity index (χ1n) is 4.99. The van der Waals surface area contributed by atoms with E-state index in [-0.39, 0.29) is 5.91 Å². The lowest BCUT2D eigenvalue weighted by Crippen LogP contribution is -2.25. The van der Waals surface area contributed by atoms with Crippen molar-refractivity contribution in [1.29, 1.82) is 0 Å². The Bertz CT molecular complexity index is 459. The van der Waals surface area contributed by atoms with Gasteiger partial charge >= 0.3 is 0 Å². The third-order valence-corrected chi connectivity index (χ3v) is 2.04. The van der Waals surface area contributed by atoms with E-state index in [0.717, 1.165) is 5.76 Å². The molecule has 0 unspecified atom stereocenters. The predicted molar refractivity (Wildman–Crippen MR) is 56.0 cm³/mol. The van der Waals surface area contributed by atoms with Crippen LogP contribution in [0.3, 0.4) is 0 Å². The standard InChI is InChI=1S/C11H12N2O3/c1-8-7-13-10(16-8)4-5-12-11(14)9-3-2-6-15-9/h2-3,6-7H,4-5H2,1H3,(H,12,14). The fourth-order valence-corrected chi connectivity index (χ4v) is 1.29. The lowest BCUT2D eigenvalue weighted by molar-refractivity contribution is 0.0926. The molecule has 0 fully saturated rings. The normalized spacial score (nSPS) is 10.3. The number of hydrogen-bond donors (Lipinski definition) is 1. The maximum atomic E-state index is 11.4. The van der Waals surface area contributed by atoms with E-state index in [1.165, 1.54) is 6.26 Å². The van der Waals surface area contributed by atoms with E-state index in [4.69, 9.17) is 8.83 Å². The first-order chi connectivity index (χ1) is 7.75. The summed E-state index contributed by atoms with van der Waals surface area (Å²) in [6, 6.07) is 3.29. The van der Waals surface area contributed by atoms with Crippen molar-refractivity contribution in [2.24, 2.45) is 0 Å². The average molecular weight is 220 g/mol. The molecule has 2 rings (SSSR count). The molecule has 2 aromatic rings. The van der Waals surface area contributed by atoms with Crippen LogP contribution in [0.2, 0.25) is 0 Å². The average Bonchev–Trinajstić information content (AvgIpc) is 2.89. The fraction of sp³-hybridized carbons (Fsp3) is 0.273. The van der Waals surface area contributed by atoms with Crippen LogP contribution in [0.1, 0.15) is 22.2 Å². The smallest absolute Gasteiger partial charge is 0.286 e. The summed E-state index contributed by atoms with van der Waals surface area (Å²) < 4.78 is 10.2. The first-order valence-corrected chi connectivity index (χ1v) is 4.99. The molecule has 0 aromatic carbocycles. The van der Waals surface area contributed by atoms with Crippen LogP contribution in [0.25, 0.3) is 0 Å². The molecular formula is C11H12N2O3. The van der Waals surface area contributed by atoms with E-state index >= 15 is 0 Å². The highest BCUT2D eigenvalue weighted by Crippen LogP contribution is 2.02. The summed E-state index contributed by atoms with van der Waals surface area (Å²) in [4.78, 5) is 15.5. The van der Waals surface area contributed by atoms with Gasteiger partial charge in [0.05, 0.1) is 12.5 Å². The van der Waals surface area contributed by atoms with E-state index in [9.17, 15) is 4.79 Å². The molecule has 5 heteroatoms. The number of oxazole rings is 1. The van der Waals surface area contributed by atoms with Gasteiger partial charge in [0, 0.05) is 13.0 Å². The summed E-state index contributed by atoms with van der Waals surface area (Å²) in [7, 11) is 0. The van der Waals surface area contributed by atoms with Gasteiger partial charge in [-0.3, -0.25) is 4.79 Å². The minimum absolute atomic E-state index is 0.228. The van der Waals surface area contributed by atoms with Crippen LogP contribution in [-0.2, 0) is 6.42 Å². The third-order valence-electron chi connectivity index (χ3n) is 2.04. The molecule has 0 aliphatic carbocycles. The summed E-state index contributed by atoms with van der Waals surface area (Å²) in [6.07, 6.45) is 3.69. The van der Waals surface area contributed by atoms with E-state index < -0.39 is 0 Å². The van der Waals surface area contributed by atoms with Gasteiger partial charge in [-0.25, -0.2) is 4.98 Å². The van der Waals surface area contributed by atoms with Gasteiger partial charge in [-0.05, 0) is 19.1 Å². The van der Waals surface area contributed by atoms with E-state index in [1.54, 1.807) is 18.3 Å². The van der Waals surface area contributed by atoms with Crippen LogP contribution in [0.5, 0.6) is 0 Å². The minimum atomic E-state index is -0.228. The van der Waals surface area contributed by atoms with Crippen molar-refractivity contribution in [3.8, 4) is 0 Å². The molecule has 1 N–H and O–H groups in total. The quantitative estimate of drug-likeness (QED) is 0.848. The molecule has 0 saturated heterocycles. The summed E-state index contributed by atoms with van der Waals surface area (Å²) in [5.74, 6) is 1.47. The topological polar surface area (TPSA) is 68.3 Å². The number of rotatable bonds is 4. The van der Waals surface area contributed by atoms with Gasteiger partial charge in [-0.2, -0.15) is 0 Å². The maximum absolute atomic E-state index is 11.4. The second-order valence-electron chi connectivity index (χ2n) is 3.35. The predicted octanol–water partition coefficient (Wildman–Crippen LogP) is 1.55. The van der Waals surface area contributed by atoms with Crippen LogP contribution < -0.4 is 5.32 Å². The molecule has 16 heavy (non-hydrogen) atoms. The molecule has 0 saturated carbocycles. The molecular weight excluding hydrogens is 208 g/mol. The van der Waals surface area contributed by atoms with E-state index in [1.807, 2.05) is 6.92 Å². The Labute approximate surface area is 92.5 Å². The number of aryl methyl sites for hydroxylation is 1. The Morgan fingerprint density at radius 2 is 2.44 bits per heavy atom. The van der Waals surface area contributed by atoms with Gasteiger partial charge in [-0.15, -0.1) is 0 Å². The highest BCUT2D eigenvalue weighted by molar-refractivity contribution is 5.91. The molecule has 0 atom stereocenters. The van der Waals surface area contributed by atoms with Crippen LogP contribution in [0, 0.1) is 6.92 Å². The Morgan fingerprint density at radius 1 is 1.56 bits per heavy atom. The molecule has 84 valence electrons. The van der Waals surface area contributed by atoms with Crippen molar-refractivity contribution >= 4 is 5.91 Å². The van der Waals surface area contributed by atoms with Gasteiger partial charge in [0.25, 0.3) is 5.91 Å². The zero-order valence-corrected chi connectivity index (χ0v) is 8.90. The highest BCUT2D eigenvalue weighted by atomic mass is 16.4. The summed E-state index contributed by atoms with van der Waals surface area (Å²) in [5, 5.41) is 2.71. The number of aromatic nitrogens is 1. The molecule has 0 radical (unpaired) electrons. The van der Waals surface area contributed by atoms with Crippen molar-refractivity contribution in [3.05, 3.63) is 42.0 Å². The Morgan fingerprint density at radius 3 is 3.06 bits per heavy atom. The zero-order valence-electron chi connectivity index (χ0n) is 8.90.